The van der Waals surface area contributed by atoms with Gasteiger partial charge in [0.05, 0.1) is 43.3 Å². The number of nitrogens with one attached hydrogen (secondary N) is 1. The van der Waals surface area contributed by atoms with Crippen molar-refractivity contribution >= 4 is 49.3 Å². The predicted molar refractivity (Wildman–Crippen MR) is 206 cm³/mol. The summed E-state index contributed by atoms with van der Waals surface area (Å²) in [5.74, 6) is -0.0213. The lowest BCUT2D eigenvalue weighted by atomic mass is 9.97. The molecular formula is C39H48ClN5O6S. The number of aromatic nitrogens is 3. The molecule has 5 aromatic rings. The van der Waals surface area contributed by atoms with Gasteiger partial charge in [0.15, 0.2) is 0 Å². The van der Waals surface area contributed by atoms with Crippen molar-refractivity contribution in [2.45, 2.75) is 45.6 Å². The van der Waals surface area contributed by atoms with Crippen molar-refractivity contribution in [3.05, 3.63) is 83.3 Å². The molecule has 3 heterocycles. The Hall–Kier alpha value is -3.94. The number of nitrogens with zero attached hydrogens (tertiary/aromatic N) is 4. The molecule has 1 saturated heterocycles. The van der Waals surface area contributed by atoms with Crippen molar-refractivity contribution in [2.24, 2.45) is 7.05 Å². The van der Waals surface area contributed by atoms with Gasteiger partial charge in [0.2, 0.25) is 10.0 Å². The lowest BCUT2D eigenvalue weighted by Gasteiger charge is -2.28. The number of hydrogen-bond acceptors (Lipinski definition) is 7. The van der Waals surface area contributed by atoms with E-state index in [4.69, 9.17) is 26.2 Å². The number of rotatable bonds is 18. The number of halogens is 1. The molecule has 0 aliphatic carbocycles. The van der Waals surface area contributed by atoms with Gasteiger partial charge in [0.1, 0.15) is 11.4 Å². The third kappa shape index (κ3) is 8.47. The molecule has 52 heavy (non-hydrogen) atoms. The van der Waals surface area contributed by atoms with E-state index in [1.54, 1.807) is 4.31 Å². The number of aryl methyl sites for hydroxylation is 2. The Morgan fingerprint density at radius 3 is 2.56 bits per heavy atom. The average molecular weight is 750 g/mol. The third-order valence-electron chi connectivity index (χ3n) is 9.82. The Balaban J connectivity index is 1.29. The number of aromatic amines is 1. The Labute approximate surface area is 310 Å². The van der Waals surface area contributed by atoms with Gasteiger partial charge in [-0.05, 0) is 55.7 Å². The average Bonchev–Trinajstić information content (AvgIpc) is 3.69. The number of para-hydroxylation sites is 1. The molecule has 0 saturated carbocycles. The molecule has 0 atom stereocenters. The molecule has 1 aliphatic rings. The predicted octanol–water partition coefficient (Wildman–Crippen LogP) is 6.48. The van der Waals surface area contributed by atoms with E-state index in [9.17, 15) is 18.3 Å². The Kier molecular flexibility index (Phi) is 12.5. The molecule has 0 radical (unpaired) electrons. The molecule has 13 heteroatoms. The van der Waals surface area contributed by atoms with Crippen molar-refractivity contribution in [2.75, 3.05) is 57.6 Å². The minimum Gasteiger partial charge on any atom is -0.493 e. The van der Waals surface area contributed by atoms with Crippen molar-refractivity contribution in [1.29, 1.82) is 0 Å². The van der Waals surface area contributed by atoms with Crippen LogP contribution in [-0.4, -0.2) is 101 Å². The van der Waals surface area contributed by atoms with Crippen LogP contribution in [0.15, 0.2) is 60.7 Å². The number of benzene rings is 3. The van der Waals surface area contributed by atoms with Gasteiger partial charge in [-0.3, -0.25) is 9.58 Å². The van der Waals surface area contributed by atoms with Gasteiger partial charge in [-0.2, -0.15) is 9.40 Å². The molecule has 1 fully saturated rings. The van der Waals surface area contributed by atoms with E-state index in [-0.39, 0.29) is 23.9 Å². The molecule has 3 aromatic carbocycles. The largest absolute Gasteiger partial charge is 0.493 e. The molecule has 0 bridgehead atoms. The van der Waals surface area contributed by atoms with Crippen LogP contribution in [0.2, 0.25) is 0 Å². The van der Waals surface area contributed by atoms with Crippen molar-refractivity contribution in [3.63, 3.8) is 0 Å². The normalized spacial score (nSPS) is 14.2. The number of fused-ring (bicyclic) bond motifs is 2. The van der Waals surface area contributed by atoms with E-state index in [1.165, 1.54) is 0 Å². The molecule has 1 aliphatic heterocycles. The van der Waals surface area contributed by atoms with Crippen LogP contribution in [0.3, 0.4) is 0 Å². The fraction of sp³-hybridized carbons (Fsp3) is 0.436. The highest BCUT2D eigenvalue weighted by atomic mass is 35.5. The first-order chi connectivity index (χ1) is 25.2. The van der Waals surface area contributed by atoms with Gasteiger partial charge in [0, 0.05) is 60.2 Å². The molecule has 0 unspecified atom stereocenters. The summed E-state index contributed by atoms with van der Waals surface area (Å²) < 4.78 is 42.5. The Bertz CT molecular complexity index is 2100. The minimum absolute atomic E-state index is 0.0430. The van der Waals surface area contributed by atoms with Crippen molar-refractivity contribution in [1.82, 2.24) is 24.0 Å². The van der Waals surface area contributed by atoms with Gasteiger partial charge in [-0.15, -0.1) is 11.6 Å². The number of alkyl halides is 1. The summed E-state index contributed by atoms with van der Waals surface area (Å²) in [5.41, 5.74) is 4.73. The standard InChI is InChI=1S/C39H48ClN5O6S/c1-3-34-36(33(42-43(34)2)27-45(52(48,49)26-9-18-40)20-10-19-44-21-24-50-25-22-44)32-15-7-14-30-31(38(39(46)47)41-37(30)32)16-8-23-51-35-17-6-12-28-11-4-5-13-29(28)35/h4-7,11-15,17,41H,3,8-10,16,18-27H2,1-2H3,(H,46,47). The van der Waals surface area contributed by atoms with E-state index < -0.39 is 16.0 Å². The van der Waals surface area contributed by atoms with E-state index in [0.29, 0.717) is 75.2 Å². The Morgan fingerprint density at radius 1 is 1.04 bits per heavy atom. The minimum atomic E-state index is -3.64. The third-order valence-corrected chi connectivity index (χ3v) is 12.0. The number of morpholine rings is 1. The zero-order valence-corrected chi connectivity index (χ0v) is 31.5. The van der Waals surface area contributed by atoms with Crippen LogP contribution in [0.1, 0.15) is 53.6 Å². The molecule has 278 valence electrons. The van der Waals surface area contributed by atoms with Gasteiger partial charge in [-0.25, -0.2) is 13.2 Å². The van der Waals surface area contributed by atoms with E-state index in [2.05, 4.69) is 9.88 Å². The molecule has 0 spiro atoms. The lowest BCUT2D eigenvalue weighted by molar-refractivity contribution is 0.0368. The van der Waals surface area contributed by atoms with Crippen LogP contribution in [0.25, 0.3) is 32.8 Å². The SMILES string of the molecule is CCc1c(-c2cccc3c(CCCOc4cccc5ccccc45)c(C(=O)O)[nH]c23)c(CN(CCCN2CCOCC2)S(=O)(=O)CCCCl)nn1C. The van der Waals surface area contributed by atoms with Crippen LogP contribution < -0.4 is 4.74 Å². The zero-order valence-electron chi connectivity index (χ0n) is 29.9. The van der Waals surface area contributed by atoms with Crippen LogP contribution in [0, 0.1) is 0 Å². The monoisotopic (exact) mass is 749 g/mol. The van der Waals surface area contributed by atoms with E-state index in [0.717, 1.165) is 58.4 Å². The van der Waals surface area contributed by atoms with Crippen LogP contribution in [0.4, 0.5) is 0 Å². The van der Waals surface area contributed by atoms with Crippen molar-refractivity contribution in [3.8, 4) is 16.9 Å². The molecule has 6 rings (SSSR count). The second-order valence-corrected chi connectivity index (χ2v) is 15.7. The summed E-state index contributed by atoms with van der Waals surface area (Å²) in [4.78, 5) is 18.2. The van der Waals surface area contributed by atoms with Gasteiger partial charge < -0.3 is 19.6 Å². The highest BCUT2D eigenvalue weighted by Crippen LogP contribution is 2.37. The second-order valence-electron chi connectivity index (χ2n) is 13.2. The number of carboxylic acid groups (broad SMARTS) is 1. The number of hydrogen-bond donors (Lipinski definition) is 2. The first-order valence-electron chi connectivity index (χ1n) is 18.1. The highest BCUT2D eigenvalue weighted by molar-refractivity contribution is 7.89. The van der Waals surface area contributed by atoms with Gasteiger partial charge in [0.25, 0.3) is 0 Å². The molecule has 11 nitrogen and oxygen atoms in total. The number of ether oxygens (including phenoxy) is 2. The molecule has 2 aromatic heterocycles. The first kappa shape index (κ1) is 37.8. The molecular weight excluding hydrogens is 702 g/mol. The fourth-order valence-corrected chi connectivity index (χ4v) is 9.05. The summed E-state index contributed by atoms with van der Waals surface area (Å²) >= 11 is 5.94. The number of sulfonamides is 1. The van der Waals surface area contributed by atoms with E-state index >= 15 is 0 Å². The highest BCUT2D eigenvalue weighted by Gasteiger charge is 2.28. The first-order valence-corrected chi connectivity index (χ1v) is 20.2. The number of aromatic carboxylic acids is 1. The van der Waals surface area contributed by atoms with Crippen LogP contribution in [0.5, 0.6) is 5.75 Å². The topological polar surface area (TPSA) is 130 Å². The maximum atomic E-state index is 13.7. The quantitative estimate of drug-likeness (QED) is 0.0770. The second kappa shape index (κ2) is 17.3. The summed E-state index contributed by atoms with van der Waals surface area (Å²) in [6.45, 7) is 6.72. The van der Waals surface area contributed by atoms with E-state index in [1.807, 2.05) is 79.3 Å². The summed E-state index contributed by atoms with van der Waals surface area (Å²) in [5, 5.41) is 18.2. The fourth-order valence-electron chi connectivity index (χ4n) is 7.27. The zero-order chi connectivity index (χ0) is 36.7. The van der Waals surface area contributed by atoms with Crippen LogP contribution >= 0.6 is 11.6 Å². The summed E-state index contributed by atoms with van der Waals surface area (Å²) in [7, 11) is -1.77. The molecule has 0 amide bonds. The number of H-pyrrole nitrogens is 1. The smallest absolute Gasteiger partial charge is 0.352 e. The summed E-state index contributed by atoms with van der Waals surface area (Å²) in [6.07, 6.45) is 2.78. The molecule has 2 N–H and O–H groups in total. The Morgan fingerprint density at radius 2 is 1.79 bits per heavy atom. The van der Waals surface area contributed by atoms with Gasteiger partial charge in [-0.1, -0.05) is 61.5 Å². The lowest BCUT2D eigenvalue weighted by Crippen LogP contribution is -2.39. The number of carboxylic acids is 1. The maximum absolute atomic E-state index is 13.7. The number of carbonyl (C=O) groups is 1. The summed E-state index contributed by atoms with van der Waals surface area (Å²) in [6, 6.07) is 19.9. The maximum Gasteiger partial charge on any atom is 0.352 e. The van der Waals surface area contributed by atoms with Crippen molar-refractivity contribution < 1.29 is 27.8 Å². The van der Waals surface area contributed by atoms with Crippen LogP contribution in [-0.2, 0) is 41.2 Å². The van der Waals surface area contributed by atoms with Gasteiger partial charge >= 0.3 is 5.97 Å².